The van der Waals surface area contributed by atoms with Gasteiger partial charge in [-0.15, -0.1) is 0 Å². The van der Waals surface area contributed by atoms with Crippen LogP contribution >= 0.6 is 7.37 Å². The van der Waals surface area contributed by atoms with Gasteiger partial charge in [-0.1, -0.05) is 73.3 Å². The maximum atomic E-state index is 15.0. The molecular formula is C60H77N4O17P. The summed E-state index contributed by atoms with van der Waals surface area (Å²) in [6.07, 6.45) is 5.60. The van der Waals surface area contributed by atoms with E-state index in [9.17, 15) is 53.5 Å². The highest BCUT2D eigenvalue weighted by atomic mass is 31.2. The number of hydrazone groups is 1. The average Bonchev–Trinajstić information content (AvgIpc) is 1.71. The minimum Gasteiger partial charge on any atom is -0.507 e. The van der Waals surface area contributed by atoms with Gasteiger partial charge in [-0.2, -0.15) is 5.10 Å². The molecule has 5 bridgehead atoms. The predicted molar refractivity (Wildman–Crippen MR) is 304 cm³/mol. The van der Waals surface area contributed by atoms with Gasteiger partial charge in [0.05, 0.1) is 58.9 Å². The molecule has 4 aliphatic heterocycles. The molecule has 0 radical (unpaired) electrons. The molecule has 1 fully saturated rings. The Hall–Kier alpha value is -7.03. The van der Waals surface area contributed by atoms with Gasteiger partial charge in [0.15, 0.2) is 5.78 Å². The summed E-state index contributed by atoms with van der Waals surface area (Å²) < 4.78 is 42.3. The number of nitrogens with one attached hydrogen (secondary N) is 1. The largest absolute Gasteiger partial charge is 0.507 e. The van der Waals surface area contributed by atoms with Crippen molar-refractivity contribution in [2.75, 3.05) is 45.5 Å². The lowest BCUT2D eigenvalue weighted by molar-refractivity contribution is -0.158. The number of ether oxygens (including phenoxy) is 5. The van der Waals surface area contributed by atoms with E-state index >= 15 is 4.79 Å². The number of piperazine rings is 1. The number of allylic oxidation sites excluding steroid dienone is 6. The van der Waals surface area contributed by atoms with Crippen LogP contribution in [0, 0.1) is 36.5 Å². The second-order valence-electron chi connectivity index (χ2n) is 22.6. The molecule has 7 rings (SSSR count). The summed E-state index contributed by atoms with van der Waals surface area (Å²) in [7, 11) is -4.02. The quantitative estimate of drug-likeness (QED) is 0.0354. The van der Waals surface area contributed by atoms with Gasteiger partial charge in [-0.05, 0) is 50.0 Å². The molecule has 444 valence electrons. The molecule has 2 aromatic carbocycles. The Bertz CT molecular complexity index is 3100. The number of phenols is 1. The first-order valence-corrected chi connectivity index (χ1v) is 29.1. The van der Waals surface area contributed by atoms with E-state index in [0.29, 0.717) is 50.3 Å². The second kappa shape index (κ2) is 26.0. The number of aromatic hydroxyl groups is 1. The van der Waals surface area contributed by atoms with Crippen LogP contribution in [0.2, 0.25) is 0 Å². The van der Waals surface area contributed by atoms with Crippen molar-refractivity contribution in [1.82, 2.24) is 15.2 Å². The highest BCUT2D eigenvalue weighted by Gasteiger charge is 2.53. The lowest BCUT2D eigenvalue weighted by Gasteiger charge is -2.37. The summed E-state index contributed by atoms with van der Waals surface area (Å²) in [5.74, 6) is -9.84. The highest BCUT2D eigenvalue weighted by molar-refractivity contribution is 7.66. The molecule has 21 nitrogen and oxygen atoms in total. The smallest absolute Gasteiger partial charge is 0.312 e. The fraction of sp³-hybridized carbons (Fsp3) is 0.500. The lowest BCUT2D eigenvalue weighted by atomic mass is 9.77. The van der Waals surface area contributed by atoms with Gasteiger partial charge in [0.2, 0.25) is 13.2 Å². The zero-order valence-electron chi connectivity index (χ0n) is 48.6. The maximum Gasteiger partial charge on any atom is 0.312 e. The molecule has 1 unspecified atom stereocenters. The first-order valence-electron chi connectivity index (χ1n) is 27.3. The lowest BCUT2D eigenvalue weighted by Crippen LogP contribution is -2.45. The summed E-state index contributed by atoms with van der Waals surface area (Å²) >= 11 is 0. The van der Waals surface area contributed by atoms with Crippen molar-refractivity contribution in [3.63, 3.8) is 0 Å². The summed E-state index contributed by atoms with van der Waals surface area (Å²) in [6, 6.07) is 4.25. The molecular weight excluding hydrogens is 1080 g/mol. The van der Waals surface area contributed by atoms with Crippen molar-refractivity contribution in [3.05, 3.63) is 106 Å². The monoisotopic (exact) mass is 1160 g/mol. The van der Waals surface area contributed by atoms with Crippen LogP contribution < -0.4 is 20.1 Å². The predicted octanol–water partition coefficient (Wildman–Crippen LogP) is 6.14. The summed E-state index contributed by atoms with van der Waals surface area (Å²) in [5.41, 5.74) is -2.52. The second-order valence-corrected chi connectivity index (χ2v) is 24.8. The fourth-order valence-corrected chi connectivity index (χ4v) is 11.6. The topological polar surface area (TPSA) is 294 Å². The normalized spacial score (nSPS) is 28.0. The molecule has 22 heteroatoms. The van der Waals surface area contributed by atoms with E-state index < -0.39 is 130 Å². The molecule has 0 aromatic heterocycles. The number of amides is 1. The first-order chi connectivity index (χ1) is 38.3. The van der Waals surface area contributed by atoms with Crippen LogP contribution in [-0.4, -0.2) is 147 Å². The number of aldehydes is 1. The van der Waals surface area contributed by atoms with Gasteiger partial charge in [-0.3, -0.25) is 43.2 Å². The molecule has 0 spiro atoms. The van der Waals surface area contributed by atoms with E-state index in [2.05, 4.69) is 21.9 Å². The SMILES string of the molecule is C=C(CC(C)(C)c1cc(P(=O)(O)CC=O)ccc1OC(C)=O)OCCN1CCN(/N=C\C2=C3NC(=O)/C(C)=C\C=C\[C@H](C)[C@H](O)[C@@H](C)[C@@H](O)[C@@H](C)[C@H](OC(C)=O)[C@H](C)[C@@H](C)/C=C/O[C@@]4(C)Oc5c(C)c(O)c(c(c5C4=O)C2=O)C3=O)CC1. The molecule has 4 heterocycles. The Kier molecular flexibility index (Phi) is 20.4. The number of hydrogen-bond donors (Lipinski definition) is 5. The summed E-state index contributed by atoms with van der Waals surface area (Å²) in [5, 5.41) is 43.6. The highest BCUT2D eigenvalue weighted by Crippen LogP contribution is 2.49. The number of carbonyl (C=O) groups is 7. The minimum absolute atomic E-state index is 0.0367. The van der Waals surface area contributed by atoms with Crippen molar-refractivity contribution >= 4 is 60.4 Å². The van der Waals surface area contributed by atoms with E-state index in [-0.39, 0.29) is 52.1 Å². The van der Waals surface area contributed by atoms with Crippen LogP contribution in [-0.2, 0) is 43.4 Å². The zero-order chi connectivity index (χ0) is 60.9. The summed E-state index contributed by atoms with van der Waals surface area (Å²) in [4.78, 5) is 107. The third-order valence-electron chi connectivity index (χ3n) is 15.9. The van der Waals surface area contributed by atoms with Gasteiger partial charge in [0, 0.05) is 105 Å². The van der Waals surface area contributed by atoms with Crippen LogP contribution in [0.5, 0.6) is 17.2 Å². The van der Waals surface area contributed by atoms with E-state index in [0.717, 1.165) is 6.21 Å². The third-order valence-corrected chi connectivity index (χ3v) is 17.6. The number of carbonyl (C=O) groups excluding carboxylic acids is 7. The molecule has 1 saturated heterocycles. The molecule has 2 aromatic rings. The first kappa shape index (κ1) is 64.1. The van der Waals surface area contributed by atoms with E-state index in [1.165, 1.54) is 71.2 Å². The van der Waals surface area contributed by atoms with Crippen LogP contribution in [0.3, 0.4) is 0 Å². The molecule has 5 aliphatic rings. The van der Waals surface area contributed by atoms with E-state index in [4.69, 9.17) is 23.7 Å². The van der Waals surface area contributed by atoms with Crippen LogP contribution in [0.25, 0.3) is 0 Å². The maximum absolute atomic E-state index is 15.0. The fourth-order valence-electron chi connectivity index (χ4n) is 10.6. The Morgan fingerprint density at radius 1 is 0.927 bits per heavy atom. The van der Waals surface area contributed by atoms with Gasteiger partial charge in [0.25, 0.3) is 11.7 Å². The third kappa shape index (κ3) is 14.1. The van der Waals surface area contributed by atoms with Crippen molar-refractivity contribution in [1.29, 1.82) is 0 Å². The molecule has 5 N–H and O–H groups in total. The molecule has 82 heavy (non-hydrogen) atoms. The van der Waals surface area contributed by atoms with Crippen LogP contribution in [0.15, 0.2) is 83.0 Å². The van der Waals surface area contributed by atoms with Crippen LogP contribution in [0.4, 0.5) is 0 Å². The number of phenolic OH excluding ortho intramolecular Hbond substituents is 1. The Morgan fingerprint density at radius 3 is 2.23 bits per heavy atom. The molecule has 0 saturated carbocycles. The van der Waals surface area contributed by atoms with Gasteiger partial charge in [0.1, 0.15) is 41.9 Å². The number of esters is 2. The number of ketones is 3. The number of benzene rings is 2. The number of aliphatic hydroxyl groups excluding tert-OH is 2. The van der Waals surface area contributed by atoms with Gasteiger partial charge < -0.3 is 54.0 Å². The number of fused-ring (bicyclic) bond motifs is 14. The molecule has 1 amide bonds. The van der Waals surface area contributed by atoms with Crippen molar-refractivity contribution in [2.24, 2.45) is 34.7 Å². The summed E-state index contributed by atoms with van der Waals surface area (Å²) in [6.45, 7) is 25.6. The number of Topliss-reactive ketones (excluding diaryl/α,β-unsaturated/α-hetero) is 3. The Labute approximate surface area is 478 Å². The molecule has 10 atom stereocenters. The van der Waals surface area contributed by atoms with Crippen molar-refractivity contribution in [3.8, 4) is 17.2 Å². The Balaban J connectivity index is 1.25. The Morgan fingerprint density at radius 2 is 1.60 bits per heavy atom. The number of rotatable bonds is 14. The standard InChI is InChI=1S/C60H77N4O17P/c1-32-19-26-78-60(13)57(73)48-46-47(52(70)39(8)56(48)81-60)54(72)49(62-58(74)34(3)16-14-15-33(2)50(68)37(6)51(69)38(7)55(36(32)5)80-41(10)67)43(53(46)71)31-61-64-22-20-63(21-23-64)24-27-77-35(4)30-59(11,12)44-29-42(82(75,76)28-25-65)17-18-45(44)79-40(9)66/h14-19,25-26,29,31-33,36-38,50-51,55,68-70H,4,20-24,27-28,30H2,1-3,5-13H3,(H,62,74)(H,75,76)/b15-14+,26-19+,34-16-,61-31-/t32-,33-,36+,37+,38+,50-,51+,55+,60-/m0/s1. The number of hydrogen-bond acceptors (Lipinski definition) is 19. The van der Waals surface area contributed by atoms with Crippen molar-refractivity contribution in [2.45, 2.75) is 119 Å². The van der Waals surface area contributed by atoms with Gasteiger partial charge in [-0.25, -0.2) is 0 Å². The minimum atomic E-state index is -4.02. The van der Waals surface area contributed by atoms with Crippen molar-refractivity contribution < 1.29 is 82.0 Å². The number of aliphatic hydroxyl groups is 2. The molecule has 1 aliphatic carbocycles. The zero-order valence-corrected chi connectivity index (χ0v) is 49.5. The van der Waals surface area contributed by atoms with E-state index in [1.54, 1.807) is 37.9 Å². The average molecular weight is 1160 g/mol. The van der Waals surface area contributed by atoms with E-state index in [1.807, 2.05) is 27.7 Å². The van der Waals surface area contributed by atoms with Crippen LogP contribution in [0.1, 0.15) is 125 Å². The van der Waals surface area contributed by atoms with Gasteiger partial charge >= 0.3 is 17.7 Å². The number of nitrogens with zero attached hydrogens (tertiary/aromatic N) is 3.